The van der Waals surface area contributed by atoms with Crippen molar-refractivity contribution in [1.82, 2.24) is 0 Å². The average Bonchev–Trinajstić information content (AvgIpc) is 2.90. The van der Waals surface area contributed by atoms with Crippen LogP contribution in [0.15, 0.2) is 44.8 Å². The van der Waals surface area contributed by atoms with E-state index in [1.165, 1.54) is 18.7 Å². The van der Waals surface area contributed by atoms with Crippen LogP contribution in [0.25, 0.3) is 0 Å². The predicted molar refractivity (Wildman–Crippen MR) is 107 cm³/mol. The molecule has 7 heteroatoms. The number of rotatable bonds is 1. The number of Topliss-reactive ketones (excluding diaryl/α,β-unsaturated/α-hetero) is 2. The molecule has 0 unspecified atom stereocenters. The molecular weight excluding hydrogens is 386 g/mol. The van der Waals surface area contributed by atoms with Crippen molar-refractivity contribution in [2.45, 2.75) is 38.5 Å². The van der Waals surface area contributed by atoms with Crippen molar-refractivity contribution in [1.29, 1.82) is 0 Å². The van der Waals surface area contributed by atoms with Crippen molar-refractivity contribution in [3.63, 3.8) is 0 Å². The molecule has 2 aromatic rings. The van der Waals surface area contributed by atoms with E-state index >= 15 is 0 Å². The van der Waals surface area contributed by atoms with Gasteiger partial charge in [-0.1, -0.05) is 18.2 Å². The topological polar surface area (TPSA) is 93.9 Å². The quantitative estimate of drug-likeness (QED) is 0.678. The second-order valence-electron chi connectivity index (χ2n) is 7.89. The van der Waals surface area contributed by atoms with Crippen LogP contribution in [0.4, 0.5) is 5.69 Å². The molecule has 1 aliphatic carbocycles. The molecular formula is C23H19NO6. The molecule has 1 aromatic carbocycles. The zero-order valence-corrected chi connectivity index (χ0v) is 16.8. The van der Waals surface area contributed by atoms with Gasteiger partial charge >= 0.3 is 5.63 Å². The van der Waals surface area contributed by atoms with E-state index in [0.29, 0.717) is 29.9 Å². The Hall–Kier alpha value is -3.48. The molecule has 0 radical (unpaired) electrons. The number of ketones is 2. The van der Waals surface area contributed by atoms with Crippen LogP contribution >= 0.6 is 0 Å². The summed E-state index contributed by atoms with van der Waals surface area (Å²) in [5.41, 5.74) is -1.11. The Labute approximate surface area is 171 Å². The van der Waals surface area contributed by atoms with Gasteiger partial charge in [-0.3, -0.25) is 14.4 Å². The summed E-state index contributed by atoms with van der Waals surface area (Å²) >= 11 is 0. The van der Waals surface area contributed by atoms with Crippen LogP contribution in [0.3, 0.4) is 0 Å². The lowest BCUT2D eigenvalue weighted by Gasteiger charge is -2.38. The largest absolute Gasteiger partial charge is 0.460 e. The van der Waals surface area contributed by atoms with Crippen LogP contribution < -0.4 is 15.3 Å². The molecule has 1 spiro atoms. The van der Waals surface area contributed by atoms with E-state index in [0.717, 1.165) is 0 Å². The minimum absolute atomic E-state index is 0.0307. The minimum Gasteiger partial charge on any atom is -0.460 e. The number of hydrogen-bond acceptors (Lipinski definition) is 6. The normalized spacial score (nSPS) is 22.0. The molecule has 2 aliphatic heterocycles. The van der Waals surface area contributed by atoms with Crippen LogP contribution in [0.5, 0.6) is 5.75 Å². The Balaban J connectivity index is 2.02. The molecule has 5 rings (SSSR count). The van der Waals surface area contributed by atoms with Gasteiger partial charge in [0.05, 0.1) is 11.1 Å². The van der Waals surface area contributed by atoms with E-state index in [1.54, 1.807) is 31.3 Å². The third kappa shape index (κ3) is 2.04. The van der Waals surface area contributed by atoms with Crippen LogP contribution in [0.2, 0.25) is 0 Å². The van der Waals surface area contributed by atoms with E-state index < -0.39 is 16.9 Å². The highest BCUT2D eigenvalue weighted by molar-refractivity contribution is 6.20. The summed E-state index contributed by atoms with van der Waals surface area (Å²) in [6.45, 7) is 2.87. The molecule has 0 saturated heterocycles. The number of ether oxygens (including phenoxy) is 1. The van der Waals surface area contributed by atoms with Crippen LogP contribution in [0.1, 0.15) is 53.4 Å². The minimum atomic E-state index is -1.68. The fourth-order valence-corrected chi connectivity index (χ4v) is 5.08. The van der Waals surface area contributed by atoms with Crippen molar-refractivity contribution in [3.8, 4) is 5.75 Å². The third-order valence-electron chi connectivity index (χ3n) is 6.24. The first kappa shape index (κ1) is 18.5. The average molecular weight is 405 g/mol. The molecule has 0 N–H and O–H groups in total. The maximum absolute atomic E-state index is 13.8. The Morgan fingerprint density at radius 1 is 1.13 bits per heavy atom. The predicted octanol–water partition coefficient (Wildman–Crippen LogP) is 2.81. The first-order valence-corrected chi connectivity index (χ1v) is 9.81. The third-order valence-corrected chi connectivity index (χ3v) is 6.24. The van der Waals surface area contributed by atoms with Gasteiger partial charge < -0.3 is 14.1 Å². The number of para-hydroxylation sites is 1. The number of carbonyl (C=O) groups excluding carboxylic acids is 3. The highest BCUT2D eigenvalue weighted by atomic mass is 16.5. The van der Waals surface area contributed by atoms with Gasteiger partial charge in [0.1, 0.15) is 22.5 Å². The highest BCUT2D eigenvalue weighted by Gasteiger charge is 2.62. The summed E-state index contributed by atoms with van der Waals surface area (Å²) in [7, 11) is 1.61. The van der Waals surface area contributed by atoms with Gasteiger partial charge in [0.25, 0.3) is 0 Å². The van der Waals surface area contributed by atoms with Crippen molar-refractivity contribution >= 4 is 23.2 Å². The lowest BCUT2D eigenvalue weighted by Crippen LogP contribution is -2.50. The first-order valence-electron chi connectivity index (χ1n) is 9.81. The number of benzene rings is 1. The van der Waals surface area contributed by atoms with Crippen LogP contribution in [0, 0.1) is 6.92 Å². The maximum atomic E-state index is 13.8. The van der Waals surface area contributed by atoms with Crippen molar-refractivity contribution in [2.75, 3.05) is 11.9 Å². The maximum Gasteiger partial charge on any atom is 0.344 e. The van der Waals surface area contributed by atoms with E-state index in [9.17, 15) is 19.2 Å². The summed E-state index contributed by atoms with van der Waals surface area (Å²) < 4.78 is 11.5. The summed E-state index contributed by atoms with van der Waals surface area (Å²) in [5.74, 6) is -0.500. The van der Waals surface area contributed by atoms with E-state index in [-0.39, 0.29) is 46.2 Å². The fourth-order valence-electron chi connectivity index (χ4n) is 5.08. The Morgan fingerprint density at radius 3 is 2.60 bits per heavy atom. The number of aryl methyl sites for hydroxylation is 1. The Morgan fingerprint density at radius 2 is 1.87 bits per heavy atom. The summed E-state index contributed by atoms with van der Waals surface area (Å²) in [6, 6.07) is 7.06. The number of likely N-dealkylation sites (N-methyl/N-ethyl adjacent to an activating group) is 1. The number of carbonyl (C=O) groups is 3. The van der Waals surface area contributed by atoms with Crippen LogP contribution in [-0.2, 0) is 15.0 Å². The van der Waals surface area contributed by atoms with Crippen molar-refractivity contribution in [2.24, 2.45) is 0 Å². The molecule has 1 amide bonds. The summed E-state index contributed by atoms with van der Waals surface area (Å²) in [6.07, 6.45) is 1.28. The molecule has 1 atom stereocenters. The standard InChI is InChI=1S/C23H19NO6/c1-11(25)17-12(2)29-21(27)19-20(17)30-16-10-6-9-15(26)18(16)23(19)13-7-4-5-8-14(13)24(3)22(23)28/h4-5,7-8H,6,9-10H2,1-3H3/t23-/m0/s1. The Kier molecular flexibility index (Phi) is 3.72. The second kappa shape index (κ2) is 6.01. The SMILES string of the molecule is CC(=O)c1c(C)oc(=O)c2c1OC1=C(C(=O)CCC1)[C@]21C(=O)N(C)c2ccccc21. The first-order chi connectivity index (χ1) is 14.3. The second-order valence-corrected chi connectivity index (χ2v) is 7.89. The molecule has 3 aliphatic rings. The number of anilines is 1. The number of nitrogens with zero attached hydrogens (tertiary/aromatic N) is 1. The van der Waals surface area contributed by atoms with E-state index in [2.05, 4.69) is 0 Å². The van der Waals surface area contributed by atoms with Crippen LogP contribution in [-0.4, -0.2) is 24.5 Å². The number of allylic oxidation sites excluding steroid dienone is 1. The van der Waals surface area contributed by atoms with Gasteiger partial charge in [-0.05, 0) is 26.3 Å². The van der Waals surface area contributed by atoms with E-state index in [4.69, 9.17) is 9.15 Å². The monoisotopic (exact) mass is 405 g/mol. The molecule has 3 heterocycles. The summed E-state index contributed by atoms with van der Waals surface area (Å²) in [4.78, 5) is 54.1. The number of fused-ring (bicyclic) bond motifs is 5. The molecule has 7 nitrogen and oxygen atoms in total. The number of hydrogen-bond donors (Lipinski definition) is 0. The van der Waals surface area contributed by atoms with Gasteiger partial charge in [-0.25, -0.2) is 4.79 Å². The molecule has 0 bridgehead atoms. The molecule has 152 valence electrons. The summed E-state index contributed by atoms with van der Waals surface area (Å²) in [5, 5.41) is 0. The van der Waals surface area contributed by atoms with E-state index in [1.807, 2.05) is 0 Å². The smallest absolute Gasteiger partial charge is 0.344 e. The Bertz CT molecular complexity index is 1270. The van der Waals surface area contributed by atoms with Gasteiger partial charge in [0.15, 0.2) is 17.3 Å². The van der Waals surface area contributed by atoms with Crippen molar-refractivity contribution < 1.29 is 23.5 Å². The highest BCUT2D eigenvalue weighted by Crippen LogP contribution is 2.56. The van der Waals surface area contributed by atoms with Crippen molar-refractivity contribution in [3.05, 3.63) is 68.5 Å². The lowest BCUT2D eigenvalue weighted by atomic mass is 9.65. The van der Waals surface area contributed by atoms with Gasteiger partial charge in [-0.15, -0.1) is 0 Å². The van der Waals surface area contributed by atoms with Gasteiger partial charge in [-0.2, -0.15) is 0 Å². The van der Waals surface area contributed by atoms with Gasteiger partial charge in [0.2, 0.25) is 5.91 Å². The number of amides is 1. The molecule has 0 fully saturated rings. The molecule has 1 aromatic heterocycles. The molecule has 0 saturated carbocycles. The fraction of sp³-hybridized carbons (Fsp3) is 0.304. The lowest BCUT2D eigenvalue weighted by molar-refractivity contribution is -0.124. The molecule has 30 heavy (non-hydrogen) atoms. The zero-order valence-electron chi connectivity index (χ0n) is 16.8. The van der Waals surface area contributed by atoms with Gasteiger partial charge in [0, 0.05) is 31.1 Å². The zero-order chi connectivity index (χ0) is 21.4.